The molecule has 1 aromatic heterocycles. The number of carbonyl (C=O) groups excluding carboxylic acids is 1. The van der Waals surface area contributed by atoms with Crippen LogP contribution in [0.4, 0.5) is 11.8 Å². The van der Waals surface area contributed by atoms with E-state index in [2.05, 4.69) is 9.80 Å². The molecule has 3 aliphatic rings. The van der Waals surface area contributed by atoms with Gasteiger partial charge in [-0.05, 0) is 37.1 Å². The van der Waals surface area contributed by atoms with Gasteiger partial charge in [-0.15, -0.1) is 0 Å². The third-order valence-corrected chi connectivity index (χ3v) is 5.67. The lowest BCUT2D eigenvalue weighted by Gasteiger charge is -2.36. The van der Waals surface area contributed by atoms with Gasteiger partial charge in [0.1, 0.15) is 5.82 Å². The SMILES string of the molecule is O=C(c1ccc(Cl)cc1)N1Cc2nc(N3CCC3)nc(N3CCC3)c2C1. The van der Waals surface area contributed by atoms with Gasteiger partial charge in [-0.3, -0.25) is 4.79 Å². The fourth-order valence-electron chi connectivity index (χ4n) is 3.59. The summed E-state index contributed by atoms with van der Waals surface area (Å²) >= 11 is 5.94. The highest BCUT2D eigenvalue weighted by Gasteiger charge is 2.33. The summed E-state index contributed by atoms with van der Waals surface area (Å²) in [6.45, 7) is 5.23. The highest BCUT2D eigenvalue weighted by atomic mass is 35.5. The zero-order valence-corrected chi connectivity index (χ0v) is 15.2. The number of amides is 1. The van der Waals surface area contributed by atoms with Crippen molar-refractivity contribution in [2.45, 2.75) is 25.9 Å². The van der Waals surface area contributed by atoms with Gasteiger partial charge >= 0.3 is 0 Å². The van der Waals surface area contributed by atoms with E-state index in [0.717, 1.165) is 49.2 Å². The minimum atomic E-state index is 0.0136. The zero-order chi connectivity index (χ0) is 17.7. The number of carbonyl (C=O) groups is 1. The second kappa shape index (κ2) is 6.13. The Morgan fingerprint density at radius 2 is 1.62 bits per heavy atom. The topological polar surface area (TPSA) is 52.6 Å². The monoisotopic (exact) mass is 369 g/mol. The van der Waals surface area contributed by atoms with Crippen LogP contribution in [0.15, 0.2) is 24.3 Å². The molecule has 0 bridgehead atoms. The summed E-state index contributed by atoms with van der Waals surface area (Å²) in [7, 11) is 0. The molecule has 6 nitrogen and oxygen atoms in total. The smallest absolute Gasteiger partial charge is 0.254 e. The molecule has 0 N–H and O–H groups in total. The number of hydrogen-bond acceptors (Lipinski definition) is 5. The lowest BCUT2D eigenvalue weighted by molar-refractivity contribution is 0.0750. The first kappa shape index (κ1) is 15.9. The molecule has 0 radical (unpaired) electrons. The third kappa shape index (κ3) is 2.60. The van der Waals surface area contributed by atoms with E-state index in [1.165, 1.54) is 12.8 Å². The van der Waals surface area contributed by atoms with Crippen LogP contribution in [0.5, 0.6) is 0 Å². The van der Waals surface area contributed by atoms with Crippen LogP contribution in [0.2, 0.25) is 5.02 Å². The number of fused-ring (bicyclic) bond motifs is 1. The lowest BCUT2D eigenvalue weighted by Crippen LogP contribution is -2.41. The maximum Gasteiger partial charge on any atom is 0.254 e. The molecule has 0 spiro atoms. The van der Waals surface area contributed by atoms with Crippen molar-refractivity contribution in [1.29, 1.82) is 0 Å². The van der Waals surface area contributed by atoms with Gasteiger partial charge in [0.05, 0.1) is 18.8 Å². The predicted octanol–water partition coefficient (Wildman–Crippen LogP) is 2.71. The van der Waals surface area contributed by atoms with Crippen LogP contribution in [0.3, 0.4) is 0 Å². The molecule has 0 atom stereocenters. The summed E-state index contributed by atoms with van der Waals surface area (Å²) in [5.74, 6) is 1.85. The van der Waals surface area contributed by atoms with Crippen molar-refractivity contribution in [3.8, 4) is 0 Å². The number of anilines is 2. The van der Waals surface area contributed by atoms with Crippen molar-refractivity contribution in [3.63, 3.8) is 0 Å². The molecule has 1 amide bonds. The molecule has 2 saturated heterocycles. The van der Waals surface area contributed by atoms with Crippen LogP contribution in [0, 0.1) is 0 Å². The van der Waals surface area contributed by atoms with Crippen molar-refractivity contribution in [2.24, 2.45) is 0 Å². The Labute approximate surface area is 157 Å². The minimum Gasteiger partial charge on any atom is -0.356 e. The molecule has 2 aromatic rings. The van der Waals surface area contributed by atoms with Crippen molar-refractivity contribution in [1.82, 2.24) is 14.9 Å². The molecular formula is C19H20ClN5O. The summed E-state index contributed by atoms with van der Waals surface area (Å²) in [4.78, 5) is 28.9. The summed E-state index contributed by atoms with van der Waals surface area (Å²) in [5.41, 5.74) is 2.76. The first-order valence-corrected chi connectivity index (χ1v) is 9.51. The molecule has 4 heterocycles. The molecule has 7 heteroatoms. The Bertz CT molecular complexity index is 861. The first-order valence-electron chi connectivity index (χ1n) is 9.13. The Morgan fingerprint density at radius 3 is 2.23 bits per heavy atom. The van der Waals surface area contributed by atoms with Gasteiger partial charge in [0.2, 0.25) is 5.95 Å². The molecular weight excluding hydrogens is 350 g/mol. The van der Waals surface area contributed by atoms with Gasteiger partial charge in [0.25, 0.3) is 5.91 Å². The van der Waals surface area contributed by atoms with E-state index in [-0.39, 0.29) is 5.91 Å². The van der Waals surface area contributed by atoms with Crippen LogP contribution < -0.4 is 9.80 Å². The maximum atomic E-state index is 12.9. The van der Waals surface area contributed by atoms with E-state index in [4.69, 9.17) is 21.6 Å². The number of nitrogens with zero attached hydrogens (tertiary/aromatic N) is 5. The molecule has 2 fully saturated rings. The van der Waals surface area contributed by atoms with Gasteiger partial charge in [-0.25, -0.2) is 4.98 Å². The van der Waals surface area contributed by atoms with Crippen LogP contribution in [-0.2, 0) is 13.1 Å². The molecule has 134 valence electrons. The molecule has 1 aromatic carbocycles. The fraction of sp³-hybridized carbons (Fsp3) is 0.421. The predicted molar refractivity (Wildman–Crippen MR) is 101 cm³/mol. The molecule has 0 aliphatic carbocycles. The zero-order valence-electron chi connectivity index (χ0n) is 14.5. The van der Waals surface area contributed by atoms with Gasteiger partial charge in [0.15, 0.2) is 0 Å². The molecule has 0 unspecified atom stereocenters. The average molecular weight is 370 g/mol. The maximum absolute atomic E-state index is 12.9. The standard InChI is InChI=1S/C19H20ClN5O/c20-14-5-3-13(4-6-14)18(26)25-11-15-16(12-25)21-19(24-9-2-10-24)22-17(15)23-7-1-8-23/h3-6H,1-2,7-12H2. The van der Waals surface area contributed by atoms with Crippen molar-refractivity contribution < 1.29 is 4.79 Å². The summed E-state index contributed by atoms with van der Waals surface area (Å²) in [5, 5.41) is 0.636. The van der Waals surface area contributed by atoms with E-state index in [9.17, 15) is 4.79 Å². The fourth-order valence-corrected chi connectivity index (χ4v) is 3.72. The Kier molecular flexibility index (Phi) is 3.74. The van der Waals surface area contributed by atoms with Crippen LogP contribution in [-0.4, -0.2) is 47.0 Å². The second-order valence-electron chi connectivity index (χ2n) is 7.12. The first-order chi connectivity index (χ1) is 12.7. The molecule has 0 saturated carbocycles. The van der Waals surface area contributed by atoms with Crippen molar-refractivity contribution >= 4 is 29.3 Å². The molecule has 3 aliphatic heterocycles. The van der Waals surface area contributed by atoms with E-state index in [0.29, 0.717) is 23.7 Å². The highest BCUT2D eigenvalue weighted by molar-refractivity contribution is 6.30. The van der Waals surface area contributed by atoms with Gasteiger partial charge in [0, 0.05) is 42.3 Å². The summed E-state index contributed by atoms with van der Waals surface area (Å²) in [6.07, 6.45) is 2.39. The van der Waals surface area contributed by atoms with Crippen molar-refractivity contribution in [2.75, 3.05) is 36.0 Å². The quantitative estimate of drug-likeness (QED) is 0.832. The average Bonchev–Trinajstić information content (AvgIpc) is 2.96. The number of aromatic nitrogens is 2. The van der Waals surface area contributed by atoms with Gasteiger partial charge < -0.3 is 14.7 Å². The number of halogens is 1. The van der Waals surface area contributed by atoms with E-state index in [1.807, 2.05) is 4.90 Å². The van der Waals surface area contributed by atoms with Crippen LogP contribution >= 0.6 is 11.6 Å². The van der Waals surface area contributed by atoms with Gasteiger partial charge in [-0.1, -0.05) is 11.6 Å². The lowest BCUT2D eigenvalue weighted by atomic mass is 10.1. The third-order valence-electron chi connectivity index (χ3n) is 5.42. The van der Waals surface area contributed by atoms with Crippen molar-refractivity contribution in [3.05, 3.63) is 46.1 Å². The second-order valence-corrected chi connectivity index (χ2v) is 7.56. The Balaban J connectivity index is 1.45. The summed E-state index contributed by atoms with van der Waals surface area (Å²) in [6, 6.07) is 7.07. The normalized spacial score (nSPS) is 18.4. The highest BCUT2D eigenvalue weighted by Crippen LogP contribution is 2.34. The minimum absolute atomic E-state index is 0.0136. The van der Waals surface area contributed by atoms with Crippen LogP contribution in [0.25, 0.3) is 0 Å². The van der Waals surface area contributed by atoms with Crippen LogP contribution in [0.1, 0.15) is 34.5 Å². The van der Waals surface area contributed by atoms with E-state index < -0.39 is 0 Å². The number of hydrogen-bond donors (Lipinski definition) is 0. The summed E-state index contributed by atoms with van der Waals surface area (Å²) < 4.78 is 0. The molecule has 5 rings (SSSR count). The largest absolute Gasteiger partial charge is 0.356 e. The number of rotatable bonds is 3. The van der Waals surface area contributed by atoms with Gasteiger partial charge in [-0.2, -0.15) is 4.98 Å². The Hall–Kier alpha value is -2.34. The van der Waals surface area contributed by atoms with E-state index >= 15 is 0 Å². The number of benzene rings is 1. The Morgan fingerprint density at radius 1 is 0.923 bits per heavy atom. The molecule has 26 heavy (non-hydrogen) atoms. The van der Waals surface area contributed by atoms with E-state index in [1.54, 1.807) is 24.3 Å².